The predicted molar refractivity (Wildman–Crippen MR) is 93.0 cm³/mol. The van der Waals surface area contributed by atoms with Gasteiger partial charge in [-0.05, 0) is 38.9 Å². The van der Waals surface area contributed by atoms with Crippen LogP contribution in [-0.2, 0) is 0 Å². The highest BCUT2D eigenvalue weighted by Crippen LogP contribution is 2.27. The minimum absolute atomic E-state index is 0.564. The number of piperazine rings is 1. The largest absolute Gasteiger partial charge is 0.353 e. The highest BCUT2D eigenvalue weighted by atomic mass is 35.5. The molecule has 0 bridgehead atoms. The number of pyridine rings is 1. The fourth-order valence-electron chi connectivity index (χ4n) is 3.68. The summed E-state index contributed by atoms with van der Waals surface area (Å²) < 4.78 is 0. The van der Waals surface area contributed by atoms with Crippen LogP contribution in [0.1, 0.15) is 24.0 Å². The van der Waals surface area contributed by atoms with Gasteiger partial charge in [0.25, 0.3) is 0 Å². The first-order valence-corrected chi connectivity index (χ1v) is 8.70. The molecule has 3 rings (SSSR count). The van der Waals surface area contributed by atoms with Crippen LogP contribution in [0.5, 0.6) is 0 Å². The second kappa shape index (κ2) is 7.04. The van der Waals surface area contributed by atoms with E-state index in [0.29, 0.717) is 16.6 Å². The summed E-state index contributed by atoms with van der Waals surface area (Å²) in [6.07, 6.45) is 4.25. The van der Waals surface area contributed by atoms with Gasteiger partial charge in [0, 0.05) is 45.0 Å². The fourth-order valence-corrected chi connectivity index (χ4v) is 3.82. The lowest BCUT2D eigenvalue weighted by Crippen LogP contribution is -2.54. The maximum absolute atomic E-state index is 9.45. The van der Waals surface area contributed by atoms with Crippen molar-refractivity contribution in [3.05, 3.63) is 22.3 Å². The quantitative estimate of drug-likeness (QED) is 0.829. The van der Waals surface area contributed by atoms with Crippen LogP contribution in [0.15, 0.2) is 6.20 Å². The van der Waals surface area contributed by atoms with Crippen LogP contribution in [0.3, 0.4) is 0 Å². The SMILES string of the molecule is Cc1c(Cl)cnc(N2CCN(C3CCCN(C)C3)CC2)c1C#N. The van der Waals surface area contributed by atoms with Crippen molar-refractivity contribution in [3.63, 3.8) is 0 Å². The number of likely N-dealkylation sites (N-methyl/N-ethyl adjacent to an activating group) is 1. The van der Waals surface area contributed by atoms with E-state index in [1.54, 1.807) is 6.20 Å². The molecular weight excluding hydrogens is 310 g/mol. The summed E-state index contributed by atoms with van der Waals surface area (Å²) >= 11 is 6.10. The Labute approximate surface area is 143 Å². The summed E-state index contributed by atoms with van der Waals surface area (Å²) in [5.74, 6) is 0.787. The smallest absolute Gasteiger partial charge is 0.146 e. The van der Waals surface area contributed by atoms with Gasteiger partial charge in [-0.2, -0.15) is 5.26 Å². The average molecular weight is 334 g/mol. The van der Waals surface area contributed by atoms with Crippen molar-refractivity contribution >= 4 is 17.4 Å². The Morgan fingerprint density at radius 3 is 2.65 bits per heavy atom. The monoisotopic (exact) mass is 333 g/mol. The summed E-state index contributed by atoms with van der Waals surface area (Å²) in [6.45, 7) is 8.18. The molecule has 2 fully saturated rings. The summed E-state index contributed by atoms with van der Waals surface area (Å²) in [7, 11) is 2.21. The Kier molecular flexibility index (Phi) is 5.05. The first-order chi connectivity index (χ1) is 11.1. The molecule has 1 atom stereocenters. The van der Waals surface area contributed by atoms with Gasteiger partial charge >= 0.3 is 0 Å². The predicted octanol–water partition coefficient (Wildman–Crippen LogP) is 2.13. The number of halogens is 1. The van der Waals surface area contributed by atoms with Gasteiger partial charge in [-0.25, -0.2) is 4.98 Å². The summed E-state index contributed by atoms with van der Waals surface area (Å²) in [5, 5.41) is 10.0. The van der Waals surface area contributed by atoms with Crippen LogP contribution >= 0.6 is 11.6 Å². The molecule has 6 heteroatoms. The van der Waals surface area contributed by atoms with E-state index in [2.05, 4.69) is 32.8 Å². The fraction of sp³-hybridized carbons (Fsp3) is 0.647. The van der Waals surface area contributed by atoms with Crippen molar-refractivity contribution in [3.8, 4) is 6.07 Å². The highest BCUT2D eigenvalue weighted by Gasteiger charge is 2.28. The first kappa shape index (κ1) is 16.5. The number of aromatic nitrogens is 1. The van der Waals surface area contributed by atoms with Gasteiger partial charge in [0.2, 0.25) is 0 Å². The van der Waals surface area contributed by atoms with Gasteiger partial charge in [0.05, 0.1) is 10.6 Å². The maximum atomic E-state index is 9.45. The van der Waals surface area contributed by atoms with Crippen LogP contribution in [0.4, 0.5) is 5.82 Å². The Bertz CT molecular complexity index is 604. The van der Waals surface area contributed by atoms with Crippen LogP contribution in [0.2, 0.25) is 5.02 Å². The van der Waals surface area contributed by atoms with Gasteiger partial charge in [-0.3, -0.25) is 4.90 Å². The standard InChI is InChI=1S/C17H24ClN5/c1-13-15(10-19)17(20-11-16(13)18)23-8-6-22(7-9-23)14-4-3-5-21(2)12-14/h11,14H,3-9,12H2,1-2H3. The van der Waals surface area contributed by atoms with Crippen LogP contribution in [-0.4, -0.2) is 67.1 Å². The Balaban J connectivity index is 1.68. The van der Waals surface area contributed by atoms with Gasteiger partial charge in [-0.15, -0.1) is 0 Å². The van der Waals surface area contributed by atoms with Crippen molar-refractivity contribution in [2.24, 2.45) is 0 Å². The number of hydrogen-bond donors (Lipinski definition) is 0. The normalized spacial score (nSPS) is 23.7. The summed E-state index contributed by atoms with van der Waals surface area (Å²) in [6, 6.07) is 2.95. The third kappa shape index (κ3) is 3.45. The number of rotatable bonds is 2. The van der Waals surface area contributed by atoms with E-state index in [1.807, 2.05) is 6.92 Å². The van der Waals surface area contributed by atoms with Gasteiger partial charge < -0.3 is 9.80 Å². The molecule has 5 nitrogen and oxygen atoms in total. The molecule has 1 aromatic heterocycles. The van der Waals surface area contributed by atoms with Crippen molar-refractivity contribution in [2.45, 2.75) is 25.8 Å². The molecule has 2 saturated heterocycles. The van der Waals surface area contributed by atoms with Crippen LogP contribution < -0.4 is 4.90 Å². The molecule has 0 aromatic carbocycles. The zero-order valence-corrected chi connectivity index (χ0v) is 14.7. The number of nitriles is 1. The van der Waals surface area contributed by atoms with Crippen molar-refractivity contribution in [1.29, 1.82) is 5.26 Å². The molecule has 23 heavy (non-hydrogen) atoms. The van der Waals surface area contributed by atoms with E-state index in [-0.39, 0.29) is 0 Å². The Morgan fingerprint density at radius 1 is 1.26 bits per heavy atom. The topological polar surface area (TPSA) is 46.4 Å². The molecule has 0 N–H and O–H groups in total. The maximum Gasteiger partial charge on any atom is 0.146 e. The zero-order valence-electron chi connectivity index (χ0n) is 13.9. The lowest BCUT2D eigenvalue weighted by molar-refractivity contribution is 0.106. The van der Waals surface area contributed by atoms with Crippen molar-refractivity contribution in [1.82, 2.24) is 14.8 Å². The Morgan fingerprint density at radius 2 is 2.00 bits per heavy atom. The zero-order chi connectivity index (χ0) is 16.4. The molecule has 2 aliphatic heterocycles. The third-order valence-electron chi connectivity index (χ3n) is 5.10. The van der Waals surface area contributed by atoms with E-state index in [4.69, 9.17) is 11.6 Å². The second-order valence-electron chi connectivity index (χ2n) is 6.62. The molecule has 2 aliphatic rings. The average Bonchev–Trinajstić information content (AvgIpc) is 2.57. The number of piperidine rings is 1. The molecule has 0 radical (unpaired) electrons. The van der Waals surface area contributed by atoms with E-state index in [0.717, 1.165) is 37.6 Å². The summed E-state index contributed by atoms with van der Waals surface area (Å²) in [5.41, 5.74) is 1.44. The second-order valence-corrected chi connectivity index (χ2v) is 7.03. The van der Waals surface area contributed by atoms with Gasteiger partial charge in [0.15, 0.2) is 0 Å². The van der Waals surface area contributed by atoms with Crippen molar-refractivity contribution in [2.75, 3.05) is 51.2 Å². The molecule has 0 spiro atoms. The molecule has 3 heterocycles. The number of hydrogen-bond acceptors (Lipinski definition) is 5. The van der Waals surface area contributed by atoms with E-state index < -0.39 is 0 Å². The van der Waals surface area contributed by atoms with Gasteiger partial charge in [0.1, 0.15) is 11.9 Å². The van der Waals surface area contributed by atoms with E-state index in [9.17, 15) is 5.26 Å². The van der Waals surface area contributed by atoms with E-state index >= 15 is 0 Å². The van der Waals surface area contributed by atoms with Crippen LogP contribution in [0.25, 0.3) is 0 Å². The minimum Gasteiger partial charge on any atom is -0.353 e. The highest BCUT2D eigenvalue weighted by molar-refractivity contribution is 6.31. The lowest BCUT2D eigenvalue weighted by Gasteiger charge is -2.43. The van der Waals surface area contributed by atoms with E-state index in [1.165, 1.54) is 25.9 Å². The molecule has 0 amide bonds. The Hall–Kier alpha value is -1.35. The summed E-state index contributed by atoms with van der Waals surface area (Å²) in [4.78, 5) is 11.7. The van der Waals surface area contributed by atoms with Gasteiger partial charge in [-0.1, -0.05) is 11.6 Å². The molecule has 124 valence electrons. The third-order valence-corrected chi connectivity index (χ3v) is 5.48. The molecule has 1 aromatic rings. The number of nitrogens with zero attached hydrogens (tertiary/aromatic N) is 5. The van der Waals surface area contributed by atoms with Crippen molar-refractivity contribution < 1.29 is 0 Å². The van der Waals surface area contributed by atoms with Crippen LogP contribution in [0, 0.1) is 18.3 Å². The molecule has 0 aliphatic carbocycles. The lowest BCUT2D eigenvalue weighted by atomic mass is 10.0. The molecular formula is C17H24ClN5. The molecule has 0 saturated carbocycles. The number of anilines is 1. The number of likely N-dealkylation sites (tertiary alicyclic amines) is 1. The first-order valence-electron chi connectivity index (χ1n) is 8.33. The minimum atomic E-state index is 0.564. The molecule has 1 unspecified atom stereocenters.